The minimum absolute atomic E-state index is 0.0346. The lowest BCUT2D eigenvalue weighted by atomic mass is 10.1. The zero-order valence-electron chi connectivity index (χ0n) is 13.6. The summed E-state index contributed by atoms with van der Waals surface area (Å²) in [5.74, 6) is 0.896. The van der Waals surface area contributed by atoms with Gasteiger partial charge in [0.15, 0.2) is 0 Å². The molecule has 8 heteroatoms. The number of imidazole rings is 1. The summed E-state index contributed by atoms with van der Waals surface area (Å²) in [4.78, 5) is 36.3. The van der Waals surface area contributed by atoms with E-state index in [1.54, 1.807) is 6.20 Å². The molecular formula is C16H21N5O3. The molecule has 0 unspecified atom stereocenters. The van der Waals surface area contributed by atoms with Gasteiger partial charge in [-0.05, 0) is 19.8 Å². The van der Waals surface area contributed by atoms with E-state index >= 15 is 0 Å². The fraction of sp³-hybridized carbons (Fsp3) is 0.500. The van der Waals surface area contributed by atoms with E-state index in [4.69, 9.17) is 4.74 Å². The van der Waals surface area contributed by atoms with Gasteiger partial charge in [-0.1, -0.05) is 0 Å². The van der Waals surface area contributed by atoms with Crippen molar-refractivity contribution in [2.75, 3.05) is 19.7 Å². The van der Waals surface area contributed by atoms with E-state index in [-0.39, 0.29) is 17.6 Å². The first-order chi connectivity index (χ1) is 11.6. The highest BCUT2D eigenvalue weighted by atomic mass is 16.5. The van der Waals surface area contributed by atoms with Crippen LogP contribution in [-0.2, 0) is 22.5 Å². The highest BCUT2D eigenvalue weighted by Crippen LogP contribution is 2.12. The van der Waals surface area contributed by atoms with Crippen LogP contribution in [0.5, 0.6) is 0 Å². The number of hydrogen-bond donors (Lipinski definition) is 1. The van der Waals surface area contributed by atoms with Crippen LogP contribution in [-0.4, -0.2) is 56.1 Å². The zero-order valence-corrected chi connectivity index (χ0v) is 13.6. The van der Waals surface area contributed by atoms with Crippen molar-refractivity contribution in [2.45, 2.75) is 32.4 Å². The number of hydrogen-bond acceptors (Lipinski definition) is 5. The van der Waals surface area contributed by atoms with E-state index in [2.05, 4.69) is 15.0 Å². The molecule has 1 saturated heterocycles. The Balaban J connectivity index is 1.53. The number of ether oxygens (including phenoxy) is 1. The summed E-state index contributed by atoms with van der Waals surface area (Å²) in [6.07, 6.45) is 6.25. The molecule has 128 valence electrons. The number of aromatic nitrogens is 4. The van der Waals surface area contributed by atoms with Crippen LogP contribution in [0.2, 0.25) is 0 Å². The largest absolute Gasteiger partial charge is 0.375 e. The lowest BCUT2D eigenvalue weighted by Crippen LogP contribution is -2.46. The fourth-order valence-corrected chi connectivity index (χ4v) is 2.79. The molecule has 1 atom stereocenters. The van der Waals surface area contributed by atoms with Crippen LogP contribution in [0, 0.1) is 6.92 Å². The normalized spacial score (nSPS) is 17.9. The number of H-pyrrole nitrogens is 1. The minimum atomic E-state index is -0.155. The molecule has 0 saturated carbocycles. The number of morpholine rings is 1. The molecule has 3 rings (SSSR count). The molecule has 0 aliphatic carbocycles. The second kappa shape index (κ2) is 7.39. The maximum Gasteiger partial charge on any atom is 0.250 e. The molecular weight excluding hydrogens is 310 g/mol. The van der Waals surface area contributed by atoms with Gasteiger partial charge in [-0.2, -0.15) is 0 Å². The highest BCUT2D eigenvalue weighted by molar-refractivity contribution is 5.76. The van der Waals surface area contributed by atoms with Gasteiger partial charge >= 0.3 is 0 Å². The first-order valence-electron chi connectivity index (χ1n) is 8.02. The Morgan fingerprint density at radius 2 is 2.33 bits per heavy atom. The van der Waals surface area contributed by atoms with Crippen LogP contribution in [0.15, 0.2) is 29.6 Å². The van der Waals surface area contributed by atoms with Crippen LogP contribution < -0.4 is 5.56 Å². The van der Waals surface area contributed by atoms with Crippen molar-refractivity contribution in [3.05, 3.63) is 46.7 Å². The van der Waals surface area contributed by atoms with Gasteiger partial charge in [0.2, 0.25) is 5.91 Å². The van der Waals surface area contributed by atoms with E-state index < -0.39 is 0 Å². The molecule has 8 nitrogen and oxygen atoms in total. The summed E-state index contributed by atoms with van der Waals surface area (Å²) < 4.78 is 7.58. The smallest absolute Gasteiger partial charge is 0.250 e. The SMILES string of the molecule is Cc1nccn1CC(=O)N1CCO[C@@H](CCc2cc(=O)[nH]cn2)C1. The Morgan fingerprint density at radius 1 is 1.46 bits per heavy atom. The Bertz CT molecular complexity index is 754. The van der Waals surface area contributed by atoms with Crippen LogP contribution in [0.3, 0.4) is 0 Å². The number of nitrogens with zero attached hydrogens (tertiary/aromatic N) is 4. The summed E-state index contributed by atoms with van der Waals surface area (Å²) in [5, 5.41) is 0. The van der Waals surface area contributed by atoms with E-state index in [0.29, 0.717) is 32.7 Å². The predicted molar refractivity (Wildman–Crippen MR) is 86.5 cm³/mol. The third-order valence-electron chi connectivity index (χ3n) is 4.18. The number of aryl methyl sites for hydroxylation is 2. The second-order valence-electron chi connectivity index (χ2n) is 5.88. The molecule has 24 heavy (non-hydrogen) atoms. The van der Waals surface area contributed by atoms with Crippen molar-refractivity contribution in [2.24, 2.45) is 0 Å². The summed E-state index contributed by atoms with van der Waals surface area (Å²) in [7, 11) is 0. The van der Waals surface area contributed by atoms with E-state index in [9.17, 15) is 9.59 Å². The maximum absolute atomic E-state index is 12.4. The first-order valence-corrected chi connectivity index (χ1v) is 8.02. The average molecular weight is 331 g/mol. The molecule has 1 N–H and O–H groups in total. The molecule has 0 aromatic carbocycles. The van der Waals surface area contributed by atoms with E-state index in [1.165, 1.54) is 12.4 Å². The van der Waals surface area contributed by atoms with Gasteiger partial charge in [0.1, 0.15) is 12.4 Å². The lowest BCUT2D eigenvalue weighted by molar-refractivity contribution is -0.139. The zero-order chi connectivity index (χ0) is 16.9. The van der Waals surface area contributed by atoms with Gasteiger partial charge in [0.05, 0.1) is 19.0 Å². The summed E-state index contributed by atoms with van der Waals surface area (Å²) in [6, 6.07) is 1.49. The molecule has 2 aromatic heterocycles. The van der Waals surface area contributed by atoms with E-state index in [0.717, 1.165) is 17.9 Å². The number of carbonyl (C=O) groups is 1. The lowest BCUT2D eigenvalue weighted by Gasteiger charge is -2.33. The van der Waals surface area contributed by atoms with Crippen LogP contribution in [0.25, 0.3) is 0 Å². The van der Waals surface area contributed by atoms with Crippen molar-refractivity contribution >= 4 is 5.91 Å². The maximum atomic E-state index is 12.4. The minimum Gasteiger partial charge on any atom is -0.375 e. The van der Waals surface area contributed by atoms with Gasteiger partial charge < -0.3 is 19.2 Å². The Kier molecular flexibility index (Phi) is 5.05. The number of carbonyl (C=O) groups excluding carboxylic acids is 1. The molecule has 0 radical (unpaired) electrons. The van der Waals surface area contributed by atoms with Gasteiger partial charge in [-0.3, -0.25) is 9.59 Å². The standard InChI is InChI=1S/C16H21N5O3/c1-12-17-4-5-20(12)10-16(23)21-6-7-24-14(9-21)3-2-13-8-15(22)19-11-18-13/h4-5,8,11,14H,2-3,6-7,9-10H2,1H3,(H,18,19,22)/t14-/m0/s1. The quantitative estimate of drug-likeness (QED) is 0.841. The third-order valence-corrected chi connectivity index (χ3v) is 4.18. The number of aromatic amines is 1. The fourth-order valence-electron chi connectivity index (χ4n) is 2.79. The Labute approximate surface area is 139 Å². The topological polar surface area (TPSA) is 93.1 Å². The molecule has 0 spiro atoms. The highest BCUT2D eigenvalue weighted by Gasteiger charge is 2.24. The summed E-state index contributed by atoms with van der Waals surface area (Å²) in [5.41, 5.74) is 0.580. The summed E-state index contributed by atoms with van der Waals surface area (Å²) >= 11 is 0. The van der Waals surface area contributed by atoms with Crippen molar-refractivity contribution < 1.29 is 9.53 Å². The monoisotopic (exact) mass is 331 g/mol. The van der Waals surface area contributed by atoms with Crippen molar-refractivity contribution in [3.8, 4) is 0 Å². The first kappa shape index (κ1) is 16.4. The molecule has 1 aliphatic rings. The molecule has 1 fully saturated rings. The van der Waals surface area contributed by atoms with Crippen LogP contribution in [0.1, 0.15) is 17.9 Å². The second-order valence-corrected chi connectivity index (χ2v) is 5.88. The molecule has 1 amide bonds. The van der Waals surface area contributed by atoms with Crippen LogP contribution >= 0.6 is 0 Å². The van der Waals surface area contributed by atoms with E-state index in [1.807, 2.05) is 22.6 Å². The number of amides is 1. The number of rotatable bonds is 5. The molecule has 3 heterocycles. The molecule has 0 bridgehead atoms. The van der Waals surface area contributed by atoms with Crippen molar-refractivity contribution in [1.29, 1.82) is 0 Å². The summed E-state index contributed by atoms with van der Waals surface area (Å²) in [6.45, 7) is 3.88. The van der Waals surface area contributed by atoms with Crippen molar-refractivity contribution in [3.63, 3.8) is 0 Å². The Morgan fingerprint density at radius 3 is 3.08 bits per heavy atom. The predicted octanol–water partition coefficient (Wildman–Crippen LogP) is 0.135. The molecule has 1 aliphatic heterocycles. The van der Waals surface area contributed by atoms with Gasteiger partial charge in [0.25, 0.3) is 5.56 Å². The van der Waals surface area contributed by atoms with Gasteiger partial charge in [-0.25, -0.2) is 9.97 Å². The molecule has 2 aromatic rings. The van der Waals surface area contributed by atoms with Crippen molar-refractivity contribution in [1.82, 2.24) is 24.4 Å². The Hall–Kier alpha value is -2.48. The van der Waals surface area contributed by atoms with Crippen LogP contribution in [0.4, 0.5) is 0 Å². The average Bonchev–Trinajstić information content (AvgIpc) is 2.98. The van der Waals surface area contributed by atoms with Gasteiger partial charge in [-0.15, -0.1) is 0 Å². The van der Waals surface area contributed by atoms with Gasteiger partial charge in [0, 0.05) is 37.2 Å². The third kappa shape index (κ3) is 4.08. The number of nitrogens with one attached hydrogen (secondary N) is 1.